The van der Waals surface area contributed by atoms with Crippen molar-refractivity contribution in [3.05, 3.63) is 11.1 Å². The lowest BCUT2D eigenvalue weighted by molar-refractivity contribution is -0.129. The quantitative estimate of drug-likeness (QED) is 0.770. The van der Waals surface area contributed by atoms with Crippen LogP contribution in [0, 0.1) is 0 Å². The van der Waals surface area contributed by atoms with E-state index in [-0.39, 0.29) is 5.91 Å². The molecule has 1 aromatic heterocycles. The Morgan fingerprint density at radius 1 is 1.32 bits per heavy atom. The average Bonchev–Trinajstić information content (AvgIpc) is 3.01. The Labute approximate surface area is 137 Å². The minimum Gasteiger partial charge on any atom is -0.346 e. The third-order valence-corrected chi connectivity index (χ3v) is 5.26. The van der Waals surface area contributed by atoms with Crippen LogP contribution in [0.4, 0.5) is 5.13 Å². The number of nitrogens with zero attached hydrogens (tertiary/aromatic N) is 4. The summed E-state index contributed by atoms with van der Waals surface area (Å²) in [5, 5.41) is 1.13. The van der Waals surface area contributed by atoms with Gasteiger partial charge in [0.2, 0.25) is 5.91 Å². The number of thiazole rings is 1. The predicted octanol–water partition coefficient (Wildman–Crippen LogP) is 2.09. The van der Waals surface area contributed by atoms with Gasteiger partial charge < -0.3 is 9.80 Å². The number of amides is 1. The Bertz CT molecular complexity index is 468. The summed E-state index contributed by atoms with van der Waals surface area (Å²) in [7, 11) is 1.88. The van der Waals surface area contributed by atoms with Crippen molar-refractivity contribution in [2.45, 2.75) is 33.1 Å². The van der Waals surface area contributed by atoms with E-state index in [2.05, 4.69) is 21.7 Å². The van der Waals surface area contributed by atoms with Crippen molar-refractivity contribution < 1.29 is 4.79 Å². The van der Waals surface area contributed by atoms with Crippen LogP contribution in [0.3, 0.4) is 0 Å². The summed E-state index contributed by atoms with van der Waals surface area (Å²) in [4.78, 5) is 24.1. The summed E-state index contributed by atoms with van der Waals surface area (Å²) in [6, 6.07) is 0. The molecule has 0 unspecified atom stereocenters. The van der Waals surface area contributed by atoms with Crippen LogP contribution in [0.2, 0.25) is 0 Å². The number of hydrogen-bond donors (Lipinski definition) is 0. The van der Waals surface area contributed by atoms with Gasteiger partial charge >= 0.3 is 0 Å². The van der Waals surface area contributed by atoms with Gasteiger partial charge in [0, 0.05) is 63.7 Å². The van der Waals surface area contributed by atoms with Crippen LogP contribution >= 0.6 is 11.3 Å². The lowest BCUT2D eigenvalue weighted by atomic mass is 10.3. The molecule has 1 amide bonds. The zero-order valence-corrected chi connectivity index (χ0v) is 14.9. The molecule has 0 spiro atoms. The molecule has 1 fully saturated rings. The third kappa shape index (κ3) is 4.68. The van der Waals surface area contributed by atoms with Gasteiger partial charge in [0.1, 0.15) is 0 Å². The molecule has 0 radical (unpaired) electrons. The molecule has 0 atom stereocenters. The van der Waals surface area contributed by atoms with Gasteiger partial charge in [0.15, 0.2) is 5.13 Å². The molecule has 1 aliphatic heterocycles. The Balaban J connectivity index is 1.80. The van der Waals surface area contributed by atoms with Crippen molar-refractivity contribution in [1.29, 1.82) is 0 Å². The number of carbonyl (C=O) groups is 1. The van der Waals surface area contributed by atoms with Crippen LogP contribution < -0.4 is 4.90 Å². The van der Waals surface area contributed by atoms with Crippen LogP contribution in [0.25, 0.3) is 0 Å². The second-order valence-electron chi connectivity index (χ2n) is 5.86. The van der Waals surface area contributed by atoms with Gasteiger partial charge in [-0.2, -0.15) is 0 Å². The Kier molecular flexibility index (Phi) is 6.64. The van der Waals surface area contributed by atoms with Gasteiger partial charge in [0.05, 0.1) is 0 Å². The standard InChI is InChI=1S/C16H28N4OS/c1-4-7-19-9-11-20(12-10-19)16-17-13-14(22-16)6-8-18(3)15(21)5-2/h13H,4-12H2,1-3H3. The van der Waals surface area contributed by atoms with Gasteiger partial charge in [-0.25, -0.2) is 4.98 Å². The molecule has 0 aromatic carbocycles. The highest BCUT2D eigenvalue weighted by atomic mass is 32.1. The van der Waals surface area contributed by atoms with Crippen molar-refractivity contribution in [2.75, 3.05) is 51.2 Å². The Morgan fingerprint density at radius 2 is 2.05 bits per heavy atom. The van der Waals surface area contributed by atoms with E-state index in [1.54, 1.807) is 11.3 Å². The maximum atomic E-state index is 11.6. The fraction of sp³-hybridized carbons (Fsp3) is 0.750. The van der Waals surface area contributed by atoms with E-state index in [4.69, 9.17) is 0 Å². The number of rotatable bonds is 7. The first-order chi connectivity index (χ1) is 10.6. The van der Waals surface area contributed by atoms with E-state index in [1.807, 2.05) is 25.1 Å². The molecule has 5 nitrogen and oxygen atoms in total. The smallest absolute Gasteiger partial charge is 0.222 e. The monoisotopic (exact) mass is 324 g/mol. The van der Waals surface area contributed by atoms with E-state index in [9.17, 15) is 4.79 Å². The first-order valence-electron chi connectivity index (χ1n) is 8.30. The van der Waals surface area contributed by atoms with Crippen LogP contribution in [-0.4, -0.2) is 67.0 Å². The molecule has 1 aliphatic rings. The molecule has 22 heavy (non-hydrogen) atoms. The van der Waals surface area contributed by atoms with Crippen molar-refractivity contribution in [1.82, 2.24) is 14.8 Å². The number of hydrogen-bond acceptors (Lipinski definition) is 5. The molecule has 124 valence electrons. The van der Waals surface area contributed by atoms with Crippen LogP contribution in [0.5, 0.6) is 0 Å². The molecular weight excluding hydrogens is 296 g/mol. The van der Waals surface area contributed by atoms with E-state index in [0.717, 1.165) is 44.3 Å². The molecular formula is C16H28N4OS. The number of aromatic nitrogens is 1. The lowest BCUT2D eigenvalue weighted by Gasteiger charge is -2.34. The van der Waals surface area contributed by atoms with Gasteiger partial charge in [-0.05, 0) is 13.0 Å². The summed E-state index contributed by atoms with van der Waals surface area (Å²) in [6.07, 6.45) is 4.68. The number of likely N-dealkylation sites (N-methyl/N-ethyl adjacent to an activating group) is 1. The summed E-state index contributed by atoms with van der Waals surface area (Å²) in [5.41, 5.74) is 0. The highest BCUT2D eigenvalue weighted by molar-refractivity contribution is 7.15. The second-order valence-corrected chi connectivity index (χ2v) is 6.95. The van der Waals surface area contributed by atoms with E-state index in [0.29, 0.717) is 6.42 Å². The van der Waals surface area contributed by atoms with Crippen molar-refractivity contribution in [3.63, 3.8) is 0 Å². The topological polar surface area (TPSA) is 39.7 Å². The Hall–Kier alpha value is -1.14. The zero-order chi connectivity index (χ0) is 15.9. The van der Waals surface area contributed by atoms with Gasteiger partial charge in [0.25, 0.3) is 0 Å². The minimum absolute atomic E-state index is 0.205. The average molecular weight is 324 g/mol. The predicted molar refractivity (Wildman–Crippen MR) is 92.7 cm³/mol. The minimum atomic E-state index is 0.205. The molecule has 1 saturated heterocycles. The molecule has 0 saturated carbocycles. The van der Waals surface area contributed by atoms with Gasteiger partial charge in [-0.15, -0.1) is 11.3 Å². The first-order valence-corrected chi connectivity index (χ1v) is 9.11. The van der Waals surface area contributed by atoms with E-state index in [1.165, 1.54) is 17.8 Å². The number of anilines is 1. The van der Waals surface area contributed by atoms with Crippen LogP contribution in [0.1, 0.15) is 31.6 Å². The van der Waals surface area contributed by atoms with Crippen molar-refractivity contribution >= 4 is 22.4 Å². The summed E-state index contributed by atoms with van der Waals surface area (Å²) in [5.74, 6) is 0.205. The van der Waals surface area contributed by atoms with Crippen LogP contribution in [0.15, 0.2) is 6.20 Å². The van der Waals surface area contributed by atoms with Crippen molar-refractivity contribution in [2.24, 2.45) is 0 Å². The highest BCUT2D eigenvalue weighted by Gasteiger charge is 2.18. The fourth-order valence-corrected chi connectivity index (χ4v) is 3.66. The molecule has 2 rings (SSSR count). The summed E-state index contributed by atoms with van der Waals surface area (Å²) >= 11 is 1.77. The maximum absolute atomic E-state index is 11.6. The largest absolute Gasteiger partial charge is 0.346 e. The van der Waals surface area contributed by atoms with Gasteiger partial charge in [-0.3, -0.25) is 9.69 Å². The molecule has 0 aliphatic carbocycles. The summed E-state index contributed by atoms with van der Waals surface area (Å²) in [6.45, 7) is 10.5. The summed E-state index contributed by atoms with van der Waals surface area (Å²) < 4.78 is 0. The van der Waals surface area contributed by atoms with E-state index >= 15 is 0 Å². The maximum Gasteiger partial charge on any atom is 0.222 e. The fourth-order valence-electron chi connectivity index (χ4n) is 2.71. The number of carbonyl (C=O) groups excluding carboxylic acids is 1. The zero-order valence-electron chi connectivity index (χ0n) is 14.0. The Morgan fingerprint density at radius 3 is 2.68 bits per heavy atom. The first kappa shape index (κ1) is 17.2. The van der Waals surface area contributed by atoms with E-state index < -0.39 is 0 Å². The molecule has 0 bridgehead atoms. The lowest BCUT2D eigenvalue weighted by Crippen LogP contribution is -2.46. The SMILES string of the molecule is CCCN1CCN(c2ncc(CCN(C)C(=O)CC)s2)CC1. The highest BCUT2D eigenvalue weighted by Crippen LogP contribution is 2.24. The third-order valence-electron chi connectivity index (χ3n) is 4.15. The van der Waals surface area contributed by atoms with Gasteiger partial charge in [-0.1, -0.05) is 13.8 Å². The normalized spacial score (nSPS) is 16.0. The molecule has 0 N–H and O–H groups in total. The molecule has 6 heteroatoms. The van der Waals surface area contributed by atoms with Crippen molar-refractivity contribution in [3.8, 4) is 0 Å². The second kappa shape index (κ2) is 8.48. The molecule has 2 heterocycles. The van der Waals surface area contributed by atoms with Crippen LogP contribution in [-0.2, 0) is 11.2 Å². The molecule has 1 aromatic rings. The number of piperazine rings is 1.